The van der Waals surface area contributed by atoms with Crippen LogP contribution in [0.25, 0.3) is 0 Å². The van der Waals surface area contributed by atoms with Crippen molar-refractivity contribution >= 4 is 15.9 Å². The van der Waals surface area contributed by atoms with Gasteiger partial charge in [0.1, 0.15) is 0 Å². The quantitative estimate of drug-likeness (QED) is 0.833. The Balaban J connectivity index is 2.41. The first-order valence-electron chi connectivity index (χ1n) is 3.57. The summed E-state index contributed by atoms with van der Waals surface area (Å²) in [5, 5.41) is 13.3. The van der Waals surface area contributed by atoms with Gasteiger partial charge in [0.2, 0.25) is 0 Å². The average Bonchev–Trinajstić information content (AvgIpc) is 2.36. The van der Waals surface area contributed by atoms with E-state index in [1.807, 2.05) is 0 Å². The minimum absolute atomic E-state index is 0.331. The smallest absolute Gasteiger partial charge is 0.0968 e. The van der Waals surface area contributed by atoms with Gasteiger partial charge in [0.05, 0.1) is 29.9 Å². The molecule has 0 fully saturated rings. The summed E-state index contributed by atoms with van der Waals surface area (Å²) < 4.78 is 7.35. The molecule has 1 heterocycles. The Labute approximate surface area is 79.3 Å². The standard InChI is InChI=1S/C7H11BrN2O2/c1-12-5-7(11)4-10-3-6(8)2-9-10/h2-3,7,11H,4-5H2,1H3. The van der Waals surface area contributed by atoms with E-state index in [1.54, 1.807) is 24.2 Å². The van der Waals surface area contributed by atoms with Gasteiger partial charge in [-0.3, -0.25) is 4.68 Å². The zero-order chi connectivity index (χ0) is 8.97. The number of methoxy groups -OCH3 is 1. The van der Waals surface area contributed by atoms with Crippen molar-refractivity contribution in [3.05, 3.63) is 16.9 Å². The second-order valence-corrected chi connectivity index (χ2v) is 3.41. The summed E-state index contributed by atoms with van der Waals surface area (Å²) in [7, 11) is 1.56. The van der Waals surface area contributed by atoms with Gasteiger partial charge in [0, 0.05) is 13.3 Å². The third-order valence-electron chi connectivity index (χ3n) is 1.36. The van der Waals surface area contributed by atoms with Crippen LogP contribution in [0.4, 0.5) is 0 Å². The van der Waals surface area contributed by atoms with E-state index in [1.165, 1.54) is 0 Å². The Bertz CT molecular complexity index is 239. The normalized spacial score (nSPS) is 13.2. The molecule has 0 spiro atoms. The predicted molar refractivity (Wildman–Crippen MR) is 47.8 cm³/mol. The lowest BCUT2D eigenvalue weighted by molar-refractivity contribution is 0.0514. The van der Waals surface area contributed by atoms with Gasteiger partial charge in [0.15, 0.2) is 0 Å². The lowest BCUT2D eigenvalue weighted by Crippen LogP contribution is -2.21. The molecule has 0 saturated carbocycles. The van der Waals surface area contributed by atoms with Crippen LogP contribution in [0.15, 0.2) is 16.9 Å². The van der Waals surface area contributed by atoms with Gasteiger partial charge >= 0.3 is 0 Å². The van der Waals surface area contributed by atoms with E-state index in [0.29, 0.717) is 13.2 Å². The van der Waals surface area contributed by atoms with Gasteiger partial charge in [0.25, 0.3) is 0 Å². The number of aliphatic hydroxyl groups excluding tert-OH is 1. The van der Waals surface area contributed by atoms with Crippen LogP contribution in [0.1, 0.15) is 0 Å². The van der Waals surface area contributed by atoms with Crippen molar-refractivity contribution < 1.29 is 9.84 Å². The molecule has 0 aromatic carbocycles. The molecule has 1 aromatic rings. The second-order valence-electron chi connectivity index (χ2n) is 2.49. The zero-order valence-corrected chi connectivity index (χ0v) is 8.36. The molecule has 0 radical (unpaired) electrons. The maximum atomic E-state index is 9.31. The molecule has 68 valence electrons. The van der Waals surface area contributed by atoms with E-state index in [2.05, 4.69) is 21.0 Å². The number of hydrogen-bond donors (Lipinski definition) is 1. The van der Waals surface area contributed by atoms with Gasteiger partial charge in [-0.2, -0.15) is 5.10 Å². The number of halogens is 1. The third kappa shape index (κ3) is 2.92. The fraction of sp³-hybridized carbons (Fsp3) is 0.571. The van der Waals surface area contributed by atoms with Gasteiger partial charge in [-0.1, -0.05) is 0 Å². The number of aliphatic hydroxyl groups is 1. The van der Waals surface area contributed by atoms with E-state index < -0.39 is 6.10 Å². The minimum Gasteiger partial charge on any atom is -0.389 e. The summed E-state index contributed by atoms with van der Waals surface area (Å²) in [4.78, 5) is 0. The molecule has 12 heavy (non-hydrogen) atoms. The third-order valence-corrected chi connectivity index (χ3v) is 1.77. The molecule has 0 saturated heterocycles. The molecular weight excluding hydrogens is 224 g/mol. The molecule has 1 rings (SSSR count). The Kier molecular flexibility index (Phi) is 3.71. The summed E-state index contributed by atoms with van der Waals surface area (Å²) in [5.41, 5.74) is 0. The lowest BCUT2D eigenvalue weighted by Gasteiger charge is -2.08. The molecule has 1 unspecified atom stereocenters. The van der Waals surface area contributed by atoms with Crippen LogP contribution in [-0.2, 0) is 11.3 Å². The van der Waals surface area contributed by atoms with Crippen molar-refractivity contribution in [2.24, 2.45) is 0 Å². The molecule has 0 bridgehead atoms. The van der Waals surface area contributed by atoms with Crippen LogP contribution in [0.3, 0.4) is 0 Å². The second kappa shape index (κ2) is 4.59. The monoisotopic (exact) mass is 234 g/mol. The molecule has 0 aliphatic carbocycles. The van der Waals surface area contributed by atoms with Crippen LogP contribution < -0.4 is 0 Å². The highest BCUT2D eigenvalue weighted by atomic mass is 79.9. The van der Waals surface area contributed by atoms with E-state index in [4.69, 9.17) is 4.74 Å². The highest BCUT2D eigenvalue weighted by molar-refractivity contribution is 9.10. The van der Waals surface area contributed by atoms with Crippen molar-refractivity contribution in [1.29, 1.82) is 0 Å². The molecule has 0 aliphatic rings. The zero-order valence-electron chi connectivity index (χ0n) is 6.77. The van der Waals surface area contributed by atoms with Crippen molar-refractivity contribution in [1.82, 2.24) is 9.78 Å². The van der Waals surface area contributed by atoms with E-state index >= 15 is 0 Å². The van der Waals surface area contributed by atoms with Crippen molar-refractivity contribution in [2.45, 2.75) is 12.6 Å². The summed E-state index contributed by atoms with van der Waals surface area (Å²) in [6.07, 6.45) is 2.99. The highest BCUT2D eigenvalue weighted by Crippen LogP contribution is 2.06. The molecule has 1 atom stereocenters. The van der Waals surface area contributed by atoms with Gasteiger partial charge in [-0.25, -0.2) is 0 Å². The number of rotatable bonds is 4. The average molecular weight is 235 g/mol. The molecule has 1 N–H and O–H groups in total. The molecule has 0 amide bonds. The fourth-order valence-electron chi connectivity index (χ4n) is 0.899. The largest absolute Gasteiger partial charge is 0.389 e. The predicted octanol–water partition coefficient (Wildman–Crippen LogP) is 0.653. The topological polar surface area (TPSA) is 47.3 Å². The van der Waals surface area contributed by atoms with Crippen LogP contribution in [0.2, 0.25) is 0 Å². The number of aromatic nitrogens is 2. The molecule has 5 heteroatoms. The summed E-state index contributed by atoms with van der Waals surface area (Å²) >= 11 is 3.26. The van der Waals surface area contributed by atoms with Crippen molar-refractivity contribution in [3.8, 4) is 0 Å². The van der Waals surface area contributed by atoms with E-state index in [0.717, 1.165) is 4.47 Å². The first-order valence-corrected chi connectivity index (χ1v) is 4.36. The summed E-state index contributed by atoms with van der Waals surface area (Å²) in [5.74, 6) is 0. The Hall–Kier alpha value is -0.390. The maximum Gasteiger partial charge on any atom is 0.0968 e. The molecular formula is C7H11BrN2O2. The summed E-state index contributed by atoms with van der Waals surface area (Å²) in [6.45, 7) is 0.789. The maximum absolute atomic E-state index is 9.31. The van der Waals surface area contributed by atoms with E-state index in [-0.39, 0.29) is 0 Å². The number of nitrogens with zero attached hydrogens (tertiary/aromatic N) is 2. The van der Waals surface area contributed by atoms with Crippen LogP contribution in [0.5, 0.6) is 0 Å². The molecule has 4 nitrogen and oxygen atoms in total. The minimum atomic E-state index is -0.498. The Morgan fingerprint density at radius 2 is 2.58 bits per heavy atom. The van der Waals surface area contributed by atoms with Gasteiger partial charge < -0.3 is 9.84 Å². The van der Waals surface area contributed by atoms with Crippen LogP contribution >= 0.6 is 15.9 Å². The Morgan fingerprint density at radius 1 is 1.83 bits per heavy atom. The first kappa shape index (κ1) is 9.70. The Morgan fingerprint density at radius 3 is 3.08 bits per heavy atom. The SMILES string of the molecule is COCC(O)Cn1cc(Br)cn1. The molecule has 0 aliphatic heterocycles. The number of ether oxygens (including phenoxy) is 1. The van der Waals surface area contributed by atoms with Gasteiger partial charge in [-0.05, 0) is 15.9 Å². The highest BCUT2D eigenvalue weighted by Gasteiger charge is 2.04. The fourth-order valence-corrected chi connectivity index (χ4v) is 1.23. The van der Waals surface area contributed by atoms with Gasteiger partial charge in [-0.15, -0.1) is 0 Å². The van der Waals surface area contributed by atoms with Crippen LogP contribution in [0, 0.1) is 0 Å². The lowest BCUT2D eigenvalue weighted by atomic mass is 10.4. The summed E-state index contributed by atoms with van der Waals surface area (Å²) in [6, 6.07) is 0. The van der Waals surface area contributed by atoms with Crippen molar-refractivity contribution in [3.63, 3.8) is 0 Å². The van der Waals surface area contributed by atoms with Crippen molar-refractivity contribution in [2.75, 3.05) is 13.7 Å². The van der Waals surface area contributed by atoms with E-state index in [9.17, 15) is 5.11 Å². The number of hydrogen-bond acceptors (Lipinski definition) is 3. The first-order chi connectivity index (χ1) is 5.72. The molecule has 1 aromatic heterocycles. The van der Waals surface area contributed by atoms with Crippen LogP contribution in [-0.4, -0.2) is 34.7 Å².